The summed E-state index contributed by atoms with van der Waals surface area (Å²) >= 11 is 3.36. The van der Waals surface area contributed by atoms with E-state index >= 15 is 0 Å². The van der Waals surface area contributed by atoms with Crippen molar-refractivity contribution >= 4 is 43.5 Å². The molecule has 7 nitrogen and oxygen atoms in total. The summed E-state index contributed by atoms with van der Waals surface area (Å²) in [6, 6.07) is 23.2. The van der Waals surface area contributed by atoms with Crippen molar-refractivity contribution in [3.8, 4) is 0 Å². The first-order valence-electron chi connectivity index (χ1n) is 11.2. The van der Waals surface area contributed by atoms with E-state index in [9.17, 15) is 18.0 Å². The first-order chi connectivity index (χ1) is 16.7. The predicted molar refractivity (Wildman–Crippen MR) is 140 cm³/mol. The molecule has 0 aliphatic carbocycles. The van der Waals surface area contributed by atoms with E-state index < -0.39 is 28.5 Å². The Morgan fingerprint density at radius 2 is 1.49 bits per heavy atom. The largest absolute Gasteiger partial charge is 0.355 e. The number of nitrogens with one attached hydrogen (secondary N) is 1. The number of anilines is 1. The van der Waals surface area contributed by atoms with E-state index in [1.807, 2.05) is 30.3 Å². The molecule has 1 N–H and O–H groups in total. The summed E-state index contributed by atoms with van der Waals surface area (Å²) < 4.78 is 29.1. The highest BCUT2D eigenvalue weighted by Gasteiger charge is 2.32. The average Bonchev–Trinajstić information content (AvgIpc) is 2.87. The molecule has 0 aliphatic heterocycles. The van der Waals surface area contributed by atoms with Crippen molar-refractivity contribution in [2.45, 2.75) is 31.3 Å². The van der Waals surface area contributed by atoms with Crippen LogP contribution in [0.4, 0.5) is 5.69 Å². The fourth-order valence-electron chi connectivity index (χ4n) is 3.54. The minimum absolute atomic E-state index is 0.0714. The molecule has 0 unspecified atom stereocenters. The highest BCUT2D eigenvalue weighted by atomic mass is 79.9. The summed E-state index contributed by atoms with van der Waals surface area (Å²) in [5.41, 5.74) is 1.17. The minimum Gasteiger partial charge on any atom is -0.355 e. The zero-order valence-corrected chi connectivity index (χ0v) is 22.0. The first kappa shape index (κ1) is 26.4. The third-order valence-corrected chi connectivity index (χ3v) is 7.76. The number of benzene rings is 3. The first-order valence-corrected chi connectivity index (χ1v) is 13.4. The molecule has 0 fully saturated rings. The maximum absolute atomic E-state index is 13.7. The predicted octanol–water partition coefficient (Wildman–Crippen LogP) is 4.20. The second-order valence-corrected chi connectivity index (χ2v) is 10.7. The molecule has 0 saturated heterocycles. The van der Waals surface area contributed by atoms with E-state index in [0.717, 1.165) is 14.3 Å². The molecule has 184 valence electrons. The molecule has 0 spiro atoms. The van der Waals surface area contributed by atoms with Crippen molar-refractivity contribution < 1.29 is 18.0 Å². The third-order valence-electron chi connectivity index (χ3n) is 5.44. The Labute approximate surface area is 214 Å². The van der Waals surface area contributed by atoms with Crippen LogP contribution in [0.1, 0.15) is 19.4 Å². The normalized spacial score (nSPS) is 12.0. The topological polar surface area (TPSA) is 86.8 Å². The van der Waals surface area contributed by atoms with E-state index in [0.29, 0.717) is 12.2 Å². The van der Waals surface area contributed by atoms with Gasteiger partial charge in [0.25, 0.3) is 10.0 Å². The number of carbonyl (C=O) groups is 2. The van der Waals surface area contributed by atoms with Gasteiger partial charge in [0, 0.05) is 17.6 Å². The third kappa shape index (κ3) is 6.70. The molecule has 1 atom stereocenters. The Hall–Kier alpha value is -3.17. The van der Waals surface area contributed by atoms with Gasteiger partial charge in [-0.3, -0.25) is 13.9 Å². The van der Waals surface area contributed by atoms with Crippen LogP contribution in [0.15, 0.2) is 94.3 Å². The van der Waals surface area contributed by atoms with Gasteiger partial charge in [-0.15, -0.1) is 0 Å². The van der Waals surface area contributed by atoms with Gasteiger partial charge in [-0.2, -0.15) is 0 Å². The number of halogens is 1. The Balaban J connectivity index is 2.00. The summed E-state index contributed by atoms with van der Waals surface area (Å²) in [6.07, 6.45) is 0. The molecule has 0 aliphatic rings. The Morgan fingerprint density at radius 3 is 2.06 bits per heavy atom. The number of rotatable bonds is 10. The summed E-state index contributed by atoms with van der Waals surface area (Å²) in [5, 5.41) is 2.74. The second-order valence-electron chi connectivity index (χ2n) is 7.88. The number of carbonyl (C=O) groups excluding carboxylic acids is 2. The van der Waals surface area contributed by atoms with Gasteiger partial charge in [-0.1, -0.05) is 64.5 Å². The number of nitrogens with zero attached hydrogens (tertiary/aromatic N) is 2. The van der Waals surface area contributed by atoms with E-state index in [1.54, 1.807) is 56.3 Å². The number of hydrogen-bond donors (Lipinski definition) is 1. The van der Waals surface area contributed by atoms with Crippen LogP contribution in [0.3, 0.4) is 0 Å². The van der Waals surface area contributed by atoms with Crippen LogP contribution in [0, 0.1) is 0 Å². The minimum atomic E-state index is -4.05. The van der Waals surface area contributed by atoms with Gasteiger partial charge in [0.15, 0.2) is 0 Å². The van der Waals surface area contributed by atoms with Crippen LogP contribution in [0.5, 0.6) is 0 Å². The molecule has 3 rings (SSSR count). The summed E-state index contributed by atoms with van der Waals surface area (Å²) in [4.78, 5) is 27.8. The quantitative estimate of drug-likeness (QED) is 0.404. The maximum Gasteiger partial charge on any atom is 0.264 e. The maximum atomic E-state index is 13.7. The molecule has 0 radical (unpaired) electrons. The second kappa shape index (κ2) is 12.0. The molecule has 0 heterocycles. The molecule has 0 bridgehead atoms. The smallest absolute Gasteiger partial charge is 0.264 e. The van der Waals surface area contributed by atoms with Gasteiger partial charge in [0.2, 0.25) is 11.8 Å². The lowest BCUT2D eigenvalue weighted by Gasteiger charge is -2.32. The van der Waals surface area contributed by atoms with Gasteiger partial charge >= 0.3 is 0 Å². The van der Waals surface area contributed by atoms with Crippen LogP contribution in [0.2, 0.25) is 0 Å². The highest BCUT2D eigenvalue weighted by Crippen LogP contribution is 2.26. The Morgan fingerprint density at radius 1 is 0.914 bits per heavy atom. The van der Waals surface area contributed by atoms with Crippen LogP contribution >= 0.6 is 15.9 Å². The number of sulfonamides is 1. The van der Waals surface area contributed by atoms with Crippen LogP contribution in [0.25, 0.3) is 0 Å². The van der Waals surface area contributed by atoms with Crippen molar-refractivity contribution in [1.82, 2.24) is 10.2 Å². The number of hydrogen-bond acceptors (Lipinski definition) is 4. The molecule has 2 amide bonds. The SMILES string of the molecule is CCNC(=O)[C@H](C)N(Cc1ccccc1)C(=O)CN(c1ccc(Br)cc1)S(=O)(=O)c1ccccc1. The molecular weight excluding hydrogens is 530 g/mol. The van der Waals surface area contributed by atoms with Crippen molar-refractivity contribution in [2.75, 3.05) is 17.4 Å². The van der Waals surface area contributed by atoms with Crippen molar-refractivity contribution in [3.05, 3.63) is 95.0 Å². The number of amides is 2. The lowest BCUT2D eigenvalue weighted by Crippen LogP contribution is -2.51. The van der Waals surface area contributed by atoms with Gasteiger partial charge in [-0.05, 0) is 55.8 Å². The highest BCUT2D eigenvalue weighted by molar-refractivity contribution is 9.10. The monoisotopic (exact) mass is 557 g/mol. The van der Waals surface area contributed by atoms with Crippen LogP contribution in [-0.2, 0) is 26.2 Å². The van der Waals surface area contributed by atoms with Gasteiger partial charge in [-0.25, -0.2) is 8.42 Å². The van der Waals surface area contributed by atoms with Crippen molar-refractivity contribution in [2.24, 2.45) is 0 Å². The summed E-state index contributed by atoms with van der Waals surface area (Å²) in [7, 11) is -4.05. The van der Waals surface area contributed by atoms with Crippen molar-refractivity contribution in [1.29, 1.82) is 0 Å². The van der Waals surface area contributed by atoms with Crippen LogP contribution < -0.4 is 9.62 Å². The molecule has 3 aromatic rings. The lowest BCUT2D eigenvalue weighted by molar-refractivity contribution is -0.139. The van der Waals surface area contributed by atoms with E-state index in [2.05, 4.69) is 21.2 Å². The fraction of sp³-hybridized carbons (Fsp3) is 0.231. The van der Waals surface area contributed by atoms with E-state index in [-0.39, 0.29) is 17.3 Å². The van der Waals surface area contributed by atoms with Gasteiger partial charge < -0.3 is 10.2 Å². The zero-order chi connectivity index (χ0) is 25.4. The molecular formula is C26H28BrN3O4S. The molecule has 9 heteroatoms. The van der Waals surface area contributed by atoms with Crippen molar-refractivity contribution in [3.63, 3.8) is 0 Å². The fourth-order valence-corrected chi connectivity index (χ4v) is 5.24. The summed E-state index contributed by atoms with van der Waals surface area (Å²) in [5.74, 6) is -0.798. The Kier molecular flexibility index (Phi) is 9.06. The van der Waals surface area contributed by atoms with Gasteiger partial charge in [0.05, 0.1) is 10.6 Å². The molecule has 3 aromatic carbocycles. The Bertz CT molecular complexity index is 1240. The average molecular weight is 558 g/mol. The molecule has 0 saturated carbocycles. The standard InChI is InChI=1S/C26H28BrN3O4S/c1-3-28-26(32)20(2)29(18-21-10-6-4-7-11-21)25(31)19-30(23-16-14-22(27)15-17-23)35(33,34)24-12-8-5-9-13-24/h4-17,20H,3,18-19H2,1-2H3,(H,28,32)/t20-/m0/s1. The number of likely N-dealkylation sites (N-methyl/N-ethyl adjacent to an activating group) is 1. The van der Waals surface area contributed by atoms with E-state index in [4.69, 9.17) is 0 Å². The zero-order valence-electron chi connectivity index (χ0n) is 19.6. The lowest BCUT2D eigenvalue weighted by atomic mass is 10.1. The molecule has 0 aromatic heterocycles. The van der Waals surface area contributed by atoms with Crippen LogP contribution in [-0.4, -0.2) is 44.3 Å². The van der Waals surface area contributed by atoms with Gasteiger partial charge in [0.1, 0.15) is 12.6 Å². The van der Waals surface area contributed by atoms with E-state index in [1.165, 1.54) is 17.0 Å². The molecule has 35 heavy (non-hydrogen) atoms. The summed E-state index contributed by atoms with van der Waals surface area (Å²) in [6.45, 7) is 3.56.